The Bertz CT molecular complexity index is 1390. The van der Waals surface area contributed by atoms with Crippen molar-refractivity contribution in [2.24, 2.45) is 0 Å². The van der Waals surface area contributed by atoms with E-state index in [0.29, 0.717) is 29.3 Å². The fourth-order valence-corrected chi connectivity index (χ4v) is 3.65. The van der Waals surface area contributed by atoms with Crippen LogP contribution in [0.4, 0.5) is 11.5 Å². The highest BCUT2D eigenvalue weighted by Crippen LogP contribution is 2.26. The number of rotatable bonds is 5. The molecule has 0 bridgehead atoms. The Morgan fingerprint density at radius 3 is 2.22 bits per heavy atom. The van der Waals surface area contributed by atoms with Gasteiger partial charge < -0.3 is 15.5 Å². The van der Waals surface area contributed by atoms with Gasteiger partial charge in [0.25, 0.3) is 0 Å². The van der Waals surface area contributed by atoms with Crippen molar-refractivity contribution < 1.29 is 4.79 Å². The molecular formula is C26H21N5O. The zero-order valence-corrected chi connectivity index (χ0v) is 17.3. The number of aromatic nitrogens is 3. The molecule has 0 atom stereocenters. The lowest BCUT2D eigenvalue weighted by atomic mass is 10.1. The summed E-state index contributed by atoms with van der Waals surface area (Å²) < 4.78 is 1.89. The van der Waals surface area contributed by atoms with Crippen molar-refractivity contribution in [3.63, 3.8) is 0 Å². The maximum absolute atomic E-state index is 12.4. The van der Waals surface area contributed by atoms with Crippen LogP contribution in [0.5, 0.6) is 0 Å². The molecule has 0 saturated heterocycles. The first-order chi connectivity index (χ1) is 15.7. The molecule has 0 aliphatic rings. The van der Waals surface area contributed by atoms with E-state index in [1.165, 1.54) is 0 Å². The number of carbonyl (C=O) groups is 1. The smallest absolute Gasteiger partial charge is 0.228 e. The first kappa shape index (κ1) is 19.5. The summed E-state index contributed by atoms with van der Waals surface area (Å²) in [6, 6.07) is 27.2. The third-order valence-corrected chi connectivity index (χ3v) is 5.18. The largest absolute Gasteiger partial charge is 0.381 e. The second-order valence-electron chi connectivity index (χ2n) is 7.53. The number of fused-ring (bicyclic) bond motifs is 1. The molecule has 2 heterocycles. The van der Waals surface area contributed by atoms with Crippen molar-refractivity contribution in [2.45, 2.75) is 6.42 Å². The summed E-state index contributed by atoms with van der Waals surface area (Å²) in [7, 11) is 0. The van der Waals surface area contributed by atoms with E-state index in [9.17, 15) is 4.79 Å². The lowest BCUT2D eigenvalue weighted by Gasteiger charge is -2.09. The van der Waals surface area contributed by atoms with E-state index >= 15 is 0 Å². The van der Waals surface area contributed by atoms with Crippen molar-refractivity contribution in [3.05, 3.63) is 103 Å². The summed E-state index contributed by atoms with van der Waals surface area (Å²) in [4.78, 5) is 21.6. The van der Waals surface area contributed by atoms with E-state index in [-0.39, 0.29) is 5.91 Å². The van der Waals surface area contributed by atoms with Crippen LogP contribution in [0.2, 0.25) is 0 Å². The van der Waals surface area contributed by atoms with Crippen LogP contribution in [0.1, 0.15) is 5.56 Å². The maximum atomic E-state index is 12.4. The van der Waals surface area contributed by atoms with Gasteiger partial charge in [-0.1, -0.05) is 72.8 Å². The molecule has 6 heteroatoms. The molecule has 5 rings (SSSR count). The second-order valence-corrected chi connectivity index (χ2v) is 7.53. The van der Waals surface area contributed by atoms with Crippen LogP contribution in [0, 0.1) is 0 Å². The van der Waals surface area contributed by atoms with Gasteiger partial charge in [-0.2, -0.15) is 0 Å². The van der Waals surface area contributed by atoms with E-state index in [2.05, 4.69) is 15.3 Å². The number of nitrogens with zero attached hydrogens (tertiary/aromatic N) is 3. The maximum Gasteiger partial charge on any atom is 0.228 e. The first-order valence-electron chi connectivity index (χ1n) is 10.3. The van der Waals surface area contributed by atoms with E-state index in [4.69, 9.17) is 5.73 Å². The van der Waals surface area contributed by atoms with Crippen molar-refractivity contribution in [1.82, 2.24) is 14.4 Å². The first-order valence-corrected chi connectivity index (χ1v) is 10.3. The van der Waals surface area contributed by atoms with Crippen LogP contribution >= 0.6 is 0 Å². The number of amides is 1. The van der Waals surface area contributed by atoms with Gasteiger partial charge >= 0.3 is 0 Å². The number of hydrogen-bond acceptors (Lipinski definition) is 4. The van der Waals surface area contributed by atoms with E-state index in [1.54, 1.807) is 0 Å². The fraction of sp³-hybridized carbons (Fsp3) is 0.0385. The van der Waals surface area contributed by atoms with E-state index < -0.39 is 0 Å². The van der Waals surface area contributed by atoms with E-state index in [0.717, 1.165) is 22.4 Å². The minimum atomic E-state index is -0.0709. The summed E-state index contributed by atoms with van der Waals surface area (Å²) in [6.07, 6.45) is 4.16. The van der Waals surface area contributed by atoms with Crippen molar-refractivity contribution in [1.29, 1.82) is 0 Å². The Hall–Kier alpha value is -4.45. The molecule has 0 aliphatic heterocycles. The molecule has 3 aromatic carbocycles. The minimum absolute atomic E-state index is 0.0709. The highest BCUT2D eigenvalue weighted by Gasteiger charge is 2.11. The number of nitrogens with one attached hydrogen (secondary N) is 1. The van der Waals surface area contributed by atoms with Crippen LogP contribution in [0.15, 0.2) is 97.3 Å². The van der Waals surface area contributed by atoms with Gasteiger partial charge in [0.05, 0.1) is 17.8 Å². The molecule has 5 aromatic rings. The third kappa shape index (κ3) is 4.06. The average molecular weight is 419 g/mol. The lowest BCUT2D eigenvalue weighted by molar-refractivity contribution is -0.115. The van der Waals surface area contributed by atoms with Crippen molar-refractivity contribution in [2.75, 3.05) is 11.1 Å². The predicted octanol–water partition coefficient (Wildman–Crippen LogP) is 4.83. The van der Waals surface area contributed by atoms with Gasteiger partial charge in [-0.3, -0.25) is 4.79 Å². The third-order valence-electron chi connectivity index (χ3n) is 5.18. The molecule has 1 amide bonds. The topological polar surface area (TPSA) is 85.3 Å². The van der Waals surface area contributed by atoms with Gasteiger partial charge in [-0.05, 0) is 17.7 Å². The number of hydrogen-bond donors (Lipinski definition) is 2. The Morgan fingerprint density at radius 1 is 0.812 bits per heavy atom. The Morgan fingerprint density at radius 2 is 1.47 bits per heavy atom. The molecular weight excluding hydrogens is 398 g/mol. The summed E-state index contributed by atoms with van der Waals surface area (Å²) >= 11 is 0. The Kier molecular flexibility index (Phi) is 5.09. The van der Waals surface area contributed by atoms with Gasteiger partial charge in [-0.25, -0.2) is 9.97 Å². The SMILES string of the molecule is Nc1nc(-c2cccc(NC(=O)Cc3ccccc3)c2)cn2cc(-c3ccccc3)nc12. The second kappa shape index (κ2) is 8.35. The van der Waals surface area contributed by atoms with Crippen molar-refractivity contribution in [3.8, 4) is 22.5 Å². The molecule has 2 aromatic heterocycles. The zero-order valence-electron chi connectivity index (χ0n) is 17.3. The molecule has 0 saturated carbocycles. The van der Waals surface area contributed by atoms with Gasteiger partial charge in [-0.15, -0.1) is 0 Å². The van der Waals surface area contributed by atoms with Crippen LogP contribution in [0.3, 0.4) is 0 Å². The highest BCUT2D eigenvalue weighted by atomic mass is 16.1. The standard InChI is InChI=1S/C26H21N5O/c27-25-26-30-22(19-10-5-2-6-11-19)16-31(26)17-23(29-25)20-12-7-13-21(15-20)28-24(32)14-18-8-3-1-4-9-18/h1-13,15-17H,14H2,(H2,27,29)(H,28,32). The molecule has 0 aliphatic carbocycles. The number of carbonyl (C=O) groups excluding carboxylic acids is 1. The van der Waals surface area contributed by atoms with Crippen LogP contribution in [0.25, 0.3) is 28.2 Å². The molecule has 0 radical (unpaired) electrons. The van der Waals surface area contributed by atoms with Crippen LogP contribution < -0.4 is 11.1 Å². The van der Waals surface area contributed by atoms with Crippen molar-refractivity contribution >= 4 is 23.1 Å². The molecule has 0 spiro atoms. The Balaban J connectivity index is 1.42. The van der Waals surface area contributed by atoms with Gasteiger partial charge in [0.2, 0.25) is 5.91 Å². The summed E-state index contributed by atoms with van der Waals surface area (Å²) in [5.41, 5.74) is 11.9. The van der Waals surface area contributed by atoms with E-state index in [1.807, 2.05) is 102 Å². The number of benzene rings is 3. The monoisotopic (exact) mass is 419 g/mol. The summed E-state index contributed by atoms with van der Waals surface area (Å²) in [5.74, 6) is 0.279. The number of nitrogens with two attached hydrogens (primary N) is 1. The molecule has 6 nitrogen and oxygen atoms in total. The number of anilines is 2. The lowest BCUT2D eigenvalue weighted by Crippen LogP contribution is -2.14. The molecule has 32 heavy (non-hydrogen) atoms. The van der Waals surface area contributed by atoms with Crippen LogP contribution in [-0.2, 0) is 11.2 Å². The number of imidazole rings is 1. The Labute approximate surface area is 185 Å². The zero-order chi connectivity index (χ0) is 21.9. The van der Waals surface area contributed by atoms with Crippen LogP contribution in [-0.4, -0.2) is 20.3 Å². The average Bonchev–Trinajstić information content (AvgIpc) is 3.25. The van der Waals surface area contributed by atoms with Gasteiger partial charge in [0.1, 0.15) is 0 Å². The molecule has 0 unspecified atom stereocenters. The molecule has 3 N–H and O–H groups in total. The highest BCUT2D eigenvalue weighted by molar-refractivity contribution is 5.93. The van der Waals surface area contributed by atoms with Gasteiger partial charge in [0.15, 0.2) is 11.5 Å². The normalized spacial score (nSPS) is 10.9. The molecule has 0 fully saturated rings. The fourth-order valence-electron chi connectivity index (χ4n) is 3.65. The quantitative estimate of drug-likeness (QED) is 0.427. The predicted molar refractivity (Wildman–Crippen MR) is 127 cm³/mol. The number of nitrogen functional groups attached to an aromatic ring is 1. The summed E-state index contributed by atoms with van der Waals surface area (Å²) in [5, 5.41) is 2.96. The molecule has 156 valence electrons. The minimum Gasteiger partial charge on any atom is -0.381 e. The van der Waals surface area contributed by atoms with Gasteiger partial charge in [0, 0.05) is 29.2 Å². The summed E-state index contributed by atoms with van der Waals surface area (Å²) in [6.45, 7) is 0.